The van der Waals surface area contributed by atoms with Crippen LogP contribution in [0.4, 0.5) is 5.69 Å². The van der Waals surface area contributed by atoms with E-state index < -0.39 is 0 Å². The molecule has 5 nitrogen and oxygen atoms in total. The molecule has 0 unspecified atom stereocenters. The largest absolute Gasteiger partial charge is 0.319 e. The highest BCUT2D eigenvalue weighted by atomic mass is 15.0. The van der Waals surface area contributed by atoms with Gasteiger partial charge in [0.05, 0.1) is 46.0 Å². The predicted molar refractivity (Wildman–Crippen MR) is 195 cm³/mol. The van der Waals surface area contributed by atoms with E-state index in [-0.39, 0.29) is 0 Å². The first-order chi connectivity index (χ1) is 23.7. The minimum absolute atomic E-state index is 0.424. The molecule has 5 heteroatoms. The molecule has 0 saturated carbocycles. The van der Waals surface area contributed by atoms with Crippen LogP contribution in [0.3, 0.4) is 0 Å². The summed E-state index contributed by atoms with van der Waals surface area (Å²) in [6.45, 7) is 8.69. The van der Waals surface area contributed by atoms with E-state index in [1.165, 1.54) is 0 Å². The summed E-state index contributed by atoms with van der Waals surface area (Å²) >= 11 is 0. The first kappa shape index (κ1) is 27.4. The van der Waals surface area contributed by atoms with Crippen molar-refractivity contribution in [3.63, 3.8) is 0 Å². The Balaban J connectivity index is 1.42. The van der Waals surface area contributed by atoms with Gasteiger partial charge in [0.2, 0.25) is 5.69 Å². The van der Waals surface area contributed by atoms with Crippen molar-refractivity contribution in [2.24, 2.45) is 0 Å². The molecule has 6 aromatic carbocycles. The van der Waals surface area contributed by atoms with Crippen LogP contribution in [0, 0.1) is 17.9 Å². The molecule has 0 amide bonds. The van der Waals surface area contributed by atoms with Crippen LogP contribution in [-0.2, 0) is 0 Å². The molecule has 9 rings (SSSR count). The van der Waals surface area contributed by atoms with Crippen LogP contribution < -0.4 is 0 Å². The van der Waals surface area contributed by atoms with Crippen molar-refractivity contribution in [3.05, 3.63) is 169 Å². The van der Waals surface area contributed by atoms with E-state index in [9.17, 15) is 5.26 Å². The minimum atomic E-state index is 0.424. The molecule has 3 aromatic heterocycles. The SMILES string of the molecule is [C-]#[N+]c1c(-n2c3ccncc3c3cc(-c4ccccc4)ccc32)c(C#N)cc2c3cc(-c4ccccc4)ccc3n(-c3ccccc3)c12. The maximum atomic E-state index is 10.8. The van der Waals surface area contributed by atoms with Crippen molar-refractivity contribution >= 4 is 49.3 Å². The monoisotopic (exact) mass is 611 g/mol. The molecule has 0 spiro atoms. The van der Waals surface area contributed by atoms with Crippen LogP contribution in [0.2, 0.25) is 0 Å². The van der Waals surface area contributed by atoms with E-state index >= 15 is 0 Å². The average Bonchev–Trinajstić information content (AvgIpc) is 3.66. The van der Waals surface area contributed by atoms with Crippen LogP contribution in [-0.4, -0.2) is 14.1 Å². The minimum Gasteiger partial charge on any atom is -0.319 e. The van der Waals surface area contributed by atoms with Crippen LogP contribution in [0.1, 0.15) is 5.56 Å². The second-order valence-corrected chi connectivity index (χ2v) is 11.8. The molecule has 9 aromatic rings. The summed E-state index contributed by atoms with van der Waals surface area (Å²) in [4.78, 5) is 8.73. The van der Waals surface area contributed by atoms with Crippen molar-refractivity contribution in [1.29, 1.82) is 5.26 Å². The summed E-state index contributed by atoms with van der Waals surface area (Å²) in [7, 11) is 0. The van der Waals surface area contributed by atoms with Crippen LogP contribution in [0.5, 0.6) is 0 Å². The Morgan fingerprint density at radius 1 is 0.562 bits per heavy atom. The van der Waals surface area contributed by atoms with Crippen molar-refractivity contribution in [3.8, 4) is 39.7 Å². The third-order valence-corrected chi connectivity index (χ3v) is 9.25. The van der Waals surface area contributed by atoms with Gasteiger partial charge in [-0.05, 0) is 76.2 Å². The number of hydrogen-bond donors (Lipinski definition) is 0. The number of para-hydroxylation sites is 1. The first-order valence-corrected chi connectivity index (χ1v) is 15.7. The Labute approximate surface area is 276 Å². The van der Waals surface area contributed by atoms with E-state index in [1.54, 1.807) is 6.20 Å². The summed E-state index contributed by atoms with van der Waals surface area (Å²) in [6.07, 6.45) is 3.64. The number of rotatable bonds is 4. The lowest BCUT2D eigenvalue weighted by atomic mass is 10.0. The highest BCUT2D eigenvalue weighted by molar-refractivity contribution is 6.18. The fourth-order valence-corrected chi connectivity index (χ4v) is 7.14. The van der Waals surface area contributed by atoms with Crippen LogP contribution in [0.25, 0.3) is 82.1 Å². The molecule has 0 fully saturated rings. The lowest BCUT2D eigenvalue weighted by Gasteiger charge is -2.15. The Hall–Kier alpha value is -6.95. The summed E-state index contributed by atoms with van der Waals surface area (Å²) in [5, 5.41) is 14.6. The van der Waals surface area contributed by atoms with Gasteiger partial charge in [-0.1, -0.05) is 91.0 Å². The molecule has 0 aliphatic heterocycles. The van der Waals surface area contributed by atoms with E-state index in [2.05, 4.69) is 97.8 Å². The topological polar surface area (TPSA) is 50.9 Å². The zero-order valence-corrected chi connectivity index (χ0v) is 25.7. The summed E-state index contributed by atoms with van der Waals surface area (Å²) < 4.78 is 4.25. The smallest absolute Gasteiger partial charge is 0.235 e. The van der Waals surface area contributed by atoms with Gasteiger partial charge in [0.15, 0.2) is 0 Å². The molecule has 0 aliphatic rings. The molecule has 0 aliphatic carbocycles. The molecule has 0 saturated heterocycles. The number of fused-ring (bicyclic) bond motifs is 6. The van der Waals surface area contributed by atoms with Gasteiger partial charge in [0.25, 0.3) is 0 Å². The lowest BCUT2D eigenvalue weighted by molar-refractivity contribution is 1.15. The summed E-state index contributed by atoms with van der Waals surface area (Å²) in [6, 6.07) is 49.9. The van der Waals surface area contributed by atoms with Crippen molar-refractivity contribution in [2.75, 3.05) is 0 Å². The fourth-order valence-electron chi connectivity index (χ4n) is 7.14. The van der Waals surface area contributed by atoms with Crippen molar-refractivity contribution in [2.45, 2.75) is 0 Å². The van der Waals surface area contributed by atoms with Crippen LogP contribution in [0.15, 0.2) is 152 Å². The number of nitrogens with zero attached hydrogens (tertiary/aromatic N) is 5. The van der Waals surface area contributed by atoms with Gasteiger partial charge in [-0.25, -0.2) is 4.85 Å². The Morgan fingerprint density at radius 2 is 1.12 bits per heavy atom. The van der Waals surface area contributed by atoms with Gasteiger partial charge >= 0.3 is 0 Å². The molecule has 0 bridgehead atoms. The second-order valence-electron chi connectivity index (χ2n) is 11.8. The van der Waals surface area contributed by atoms with Gasteiger partial charge in [0, 0.05) is 34.2 Å². The Morgan fingerprint density at radius 3 is 1.73 bits per heavy atom. The number of aromatic nitrogens is 3. The Bertz CT molecular complexity index is 2780. The quantitative estimate of drug-likeness (QED) is 0.186. The maximum Gasteiger partial charge on any atom is 0.235 e. The first-order valence-electron chi connectivity index (χ1n) is 15.7. The zero-order chi connectivity index (χ0) is 32.2. The number of pyridine rings is 1. The average molecular weight is 612 g/mol. The molecule has 222 valence electrons. The highest BCUT2D eigenvalue weighted by Crippen LogP contribution is 2.46. The van der Waals surface area contributed by atoms with E-state index in [4.69, 9.17) is 6.57 Å². The molecular formula is C43H25N5. The van der Waals surface area contributed by atoms with Gasteiger partial charge in [0.1, 0.15) is 0 Å². The van der Waals surface area contributed by atoms with Gasteiger partial charge in [-0.3, -0.25) is 4.98 Å². The fraction of sp³-hybridized carbons (Fsp3) is 0. The predicted octanol–water partition coefficient (Wildman–Crippen LogP) is 11.0. The van der Waals surface area contributed by atoms with E-state index in [0.29, 0.717) is 16.9 Å². The molecule has 0 N–H and O–H groups in total. The van der Waals surface area contributed by atoms with Crippen molar-refractivity contribution < 1.29 is 0 Å². The third kappa shape index (κ3) is 4.06. The lowest BCUT2D eigenvalue weighted by Crippen LogP contribution is -2.01. The molecule has 0 atom stereocenters. The number of hydrogen-bond acceptors (Lipinski definition) is 2. The molecular weight excluding hydrogens is 587 g/mol. The maximum absolute atomic E-state index is 10.8. The van der Waals surface area contributed by atoms with Crippen LogP contribution >= 0.6 is 0 Å². The molecule has 3 heterocycles. The van der Waals surface area contributed by atoms with E-state index in [1.807, 2.05) is 72.9 Å². The molecule has 0 radical (unpaired) electrons. The van der Waals surface area contributed by atoms with Gasteiger partial charge in [-0.15, -0.1) is 0 Å². The third-order valence-electron chi connectivity index (χ3n) is 9.25. The zero-order valence-electron chi connectivity index (χ0n) is 25.7. The van der Waals surface area contributed by atoms with Gasteiger partial charge < -0.3 is 9.13 Å². The van der Waals surface area contributed by atoms with Gasteiger partial charge in [-0.2, -0.15) is 5.26 Å². The van der Waals surface area contributed by atoms with Crippen molar-refractivity contribution in [1.82, 2.24) is 14.1 Å². The standard InChI is InChI=1S/C43H25N5/c1-45-41-42(48-39-20-18-31(29-13-7-3-8-14-29)24-35(39)37-27-46-22-21-40(37)48)32(26-44)25-36-34-23-30(28-11-5-2-6-12-28)17-19-38(34)47(43(36)41)33-15-9-4-10-16-33/h2-25,27H. The summed E-state index contributed by atoms with van der Waals surface area (Å²) in [5.41, 5.74) is 10.3. The highest BCUT2D eigenvalue weighted by Gasteiger charge is 2.25. The summed E-state index contributed by atoms with van der Waals surface area (Å²) in [5.74, 6) is 0. The number of benzene rings is 6. The van der Waals surface area contributed by atoms with E-state index in [0.717, 1.165) is 71.6 Å². The Kier molecular flexibility index (Phi) is 6.18. The molecule has 48 heavy (non-hydrogen) atoms. The normalized spacial score (nSPS) is 11.3. The second kappa shape index (κ2) is 10.8. The number of nitriles is 1.